The zero-order valence-electron chi connectivity index (χ0n) is 14.6. The number of likely N-dealkylation sites (tertiary alicyclic amines) is 1. The van der Waals surface area contributed by atoms with Crippen LogP contribution in [0.25, 0.3) is 21.3 Å². The topological polar surface area (TPSA) is 51.4 Å². The summed E-state index contributed by atoms with van der Waals surface area (Å²) >= 11 is 1.47. The van der Waals surface area contributed by atoms with E-state index in [9.17, 15) is 4.39 Å². The van der Waals surface area contributed by atoms with Crippen LogP contribution in [0, 0.1) is 0 Å². The fourth-order valence-corrected chi connectivity index (χ4v) is 4.19. The van der Waals surface area contributed by atoms with Gasteiger partial charge in [0, 0.05) is 24.7 Å². The molecule has 0 spiro atoms. The molecule has 1 aliphatic heterocycles. The lowest BCUT2D eigenvalue weighted by Crippen LogP contribution is -2.33. The van der Waals surface area contributed by atoms with Crippen molar-refractivity contribution >= 4 is 32.7 Å². The van der Waals surface area contributed by atoms with Gasteiger partial charge in [-0.15, -0.1) is 0 Å². The summed E-state index contributed by atoms with van der Waals surface area (Å²) in [5, 5.41) is 1.56. The third kappa shape index (κ3) is 3.52. The molecule has 0 atom stereocenters. The number of alkyl halides is 1. The maximum Gasteiger partial charge on any atom is 0.281 e. The number of pyridine rings is 1. The minimum absolute atomic E-state index is 0.570. The third-order valence-corrected chi connectivity index (χ3v) is 5.67. The average Bonchev–Trinajstić information content (AvgIpc) is 3.26. The largest absolute Gasteiger partial charge is 0.460 e. The van der Waals surface area contributed by atoms with Gasteiger partial charge in [0.2, 0.25) is 0 Å². The zero-order valence-corrected chi connectivity index (χ0v) is 15.4. The van der Waals surface area contributed by atoms with E-state index in [1.54, 1.807) is 6.20 Å². The van der Waals surface area contributed by atoms with Gasteiger partial charge in [0.1, 0.15) is 23.3 Å². The van der Waals surface area contributed by atoms with Crippen molar-refractivity contribution in [2.45, 2.75) is 25.6 Å². The van der Waals surface area contributed by atoms with Crippen molar-refractivity contribution in [2.75, 3.05) is 13.1 Å². The maximum absolute atomic E-state index is 13.3. The van der Waals surface area contributed by atoms with Crippen LogP contribution in [0.3, 0.4) is 0 Å². The highest BCUT2D eigenvalue weighted by Gasteiger charge is 2.19. The van der Waals surface area contributed by atoms with E-state index >= 15 is 0 Å². The molecule has 138 valence electrons. The summed E-state index contributed by atoms with van der Waals surface area (Å²) in [7, 11) is 0. The van der Waals surface area contributed by atoms with Crippen LogP contribution >= 0.6 is 11.3 Å². The fourth-order valence-electron chi connectivity index (χ4n) is 3.39. The molecule has 5 rings (SSSR count). The van der Waals surface area contributed by atoms with Crippen molar-refractivity contribution in [1.29, 1.82) is 0 Å². The van der Waals surface area contributed by atoms with Crippen LogP contribution in [-0.4, -0.2) is 34.1 Å². The monoisotopic (exact) mass is 383 g/mol. The van der Waals surface area contributed by atoms with Crippen molar-refractivity contribution in [2.24, 2.45) is 0 Å². The number of aromatic nitrogens is 2. The van der Waals surface area contributed by atoms with Crippen molar-refractivity contribution in [1.82, 2.24) is 14.9 Å². The van der Waals surface area contributed by atoms with Crippen LogP contribution in [0.1, 0.15) is 18.6 Å². The highest BCUT2D eigenvalue weighted by molar-refractivity contribution is 7.20. The van der Waals surface area contributed by atoms with E-state index in [4.69, 9.17) is 9.15 Å². The molecular weight excluding hydrogens is 365 g/mol. The molecule has 1 aliphatic rings. The zero-order chi connectivity index (χ0) is 18.2. The van der Waals surface area contributed by atoms with Crippen LogP contribution < -0.4 is 4.74 Å². The van der Waals surface area contributed by atoms with E-state index in [1.807, 2.05) is 36.4 Å². The van der Waals surface area contributed by atoms with E-state index in [2.05, 4.69) is 14.9 Å². The molecule has 0 N–H and O–H groups in total. The molecule has 0 radical (unpaired) electrons. The summed E-state index contributed by atoms with van der Waals surface area (Å²) in [5.41, 5.74) is 1.52. The van der Waals surface area contributed by atoms with Crippen LogP contribution in [0.4, 0.5) is 4.39 Å². The molecular formula is C20H18FN3O2S. The normalized spacial score (nSPS) is 16.3. The molecule has 0 unspecified atom stereocenters. The predicted molar refractivity (Wildman–Crippen MR) is 103 cm³/mol. The van der Waals surface area contributed by atoms with Gasteiger partial charge < -0.3 is 9.15 Å². The fraction of sp³-hybridized carbons (Fsp3) is 0.300. The summed E-state index contributed by atoms with van der Waals surface area (Å²) in [6, 6.07) is 11.6. The lowest BCUT2D eigenvalue weighted by molar-refractivity contribution is 0.138. The minimum Gasteiger partial charge on any atom is -0.460 e. The van der Waals surface area contributed by atoms with Gasteiger partial charge in [-0.25, -0.2) is 9.37 Å². The second-order valence-corrected chi connectivity index (χ2v) is 7.76. The van der Waals surface area contributed by atoms with E-state index in [-0.39, 0.29) is 0 Å². The number of fused-ring (bicyclic) bond motifs is 2. The number of furan rings is 1. The second-order valence-electron chi connectivity index (χ2n) is 6.77. The van der Waals surface area contributed by atoms with E-state index in [0.717, 1.165) is 34.5 Å². The van der Waals surface area contributed by atoms with Crippen molar-refractivity contribution in [3.8, 4) is 10.9 Å². The van der Waals surface area contributed by atoms with Crippen molar-refractivity contribution in [3.63, 3.8) is 0 Å². The molecule has 4 aromatic rings. The van der Waals surface area contributed by atoms with Crippen molar-refractivity contribution in [3.05, 3.63) is 48.4 Å². The summed E-state index contributed by atoms with van der Waals surface area (Å²) in [4.78, 5) is 10.9. The van der Waals surface area contributed by atoms with Gasteiger partial charge >= 0.3 is 0 Å². The Kier molecular flexibility index (Phi) is 4.26. The minimum atomic E-state index is -0.658. The van der Waals surface area contributed by atoms with Gasteiger partial charge in [0.25, 0.3) is 5.19 Å². The van der Waals surface area contributed by atoms with Crippen LogP contribution in [0.2, 0.25) is 0 Å². The van der Waals surface area contributed by atoms with Crippen LogP contribution in [0.15, 0.2) is 47.0 Å². The molecule has 1 fully saturated rings. The molecule has 0 amide bonds. The maximum atomic E-state index is 13.3. The number of hydrogen-bond donors (Lipinski definition) is 0. The SMILES string of the molecule is FC1CCN(Cc2cc3cc(Oc4nc5ncccc5s4)ccc3o2)CC1. The Morgan fingerprint density at radius 2 is 2.11 bits per heavy atom. The number of nitrogens with zero attached hydrogens (tertiary/aromatic N) is 3. The molecule has 27 heavy (non-hydrogen) atoms. The van der Waals surface area contributed by atoms with Gasteiger partial charge in [-0.1, -0.05) is 11.3 Å². The van der Waals surface area contributed by atoms with E-state index < -0.39 is 6.17 Å². The predicted octanol–water partition coefficient (Wildman–Crippen LogP) is 5.16. The average molecular weight is 383 g/mol. The standard InChI is InChI=1S/C20H18FN3O2S/c21-14-5-8-24(9-6-14)12-16-11-13-10-15(3-4-17(13)25-16)26-20-23-19-18(27-20)2-1-7-22-19/h1-4,7,10-11,14H,5-6,8-9,12H2. The Morgan fingerprint density at radius 3 is 2.96 bits per heavy atom. The van der Waals surface area contributed by atoms with Gasteiger partial charge in [0.05, 0.1) is 11.2 Å². The summed E-state index contributed by atoms with van der Waals surface area (Å²) in [5.74, 6) is 1.61. The molecule has 7 heteroatoms. The highest BCUT2D eigenvalue weighted by atomic mass is 32.1. The molecule has 0 aliphatic carbocycles. The number of rotatable bonds is 4. The lowest BCUT2D eigenvalue weighted by atomic mass is 10.1. The molecule has 3 aromatic heterocycles. The van der Waals surface area contributed by atoms with Gasteiger partial charge in [0.15, 0.2) is 5.65 Å². The summed E-state index contributed by atoms with van der Waals surface area (Å²) < 4.78 is 26.1. The summed E-state index contributed by atoms with van der Waals surface area (Å²) in [6.45, 7) is 2.26. The number of benzene rings is 1. The molecule has 4 heterocycles. The number of halogens is 1. The molecule has 0 saturated carbocycles. The Labute approximate surface area is 159 Å². The lowest BCUT2D eigenvalue weighted by Gasteiger charge is -2.27. The van der Waals surface area contributed by atoms with Gasteiger partial charge in [-0.2, -0.15) is 4.98 Å². The first kappa shape index (κ1) is 16.6. The molecule has 5 nitrogen and oxygen atoms in total. The summed E-state index contributed by atoms with van der Waals surface area (Å²) in [6.07, 6.45) is 2.28. The van der Waals surface area contributed by atoms with Gasteiger partial charge in [-0.05, 0) is 49.2 Å². The third-order valence-electron chi connectivity index (χ3n) is 4.79. The van der Waals surface area contributed by atoms with E-state index in [0.29, 0.717) is 36.0 Å². The first-order chi connectivity index (χ1) is 13.2. The number of hydrogen-bond acceptors (Lipinski definition) is 6. The number of ether oxygens (including phenoxy) is 1. The highest BCUT2D eigenvalue weighted by Crippen LogP contribution is 2.32. The van der Waals surface area contributed by atoms with E-state index in [1.165, 1.54) is 11.3 Å². The molecule has 0 bridgehead atoms. The Bertz CT molecular complexity index is 1050. The first-order valence-corrected chi connectivity index (χ1v) is 9.83. The van der Waals surface area contributed by atoms with Gasteiger partial charge in [-0.3, -0.25) is 4.90 Å². The first-order valence-electron chi connectivity index (χ1n) is 9.01. The van der Waals surface area contributed by atoms with Crippen LogP contribution in [-0.2, 0) is 6.54 Å². The molecule has 1 saturated heterocycles. The second kappa shape index (κ2) is 6.90. The Hall–Kier alpha value is -2.51. The molecule has 1 aromatic carbocycles. The number of piperidine rings is 1. The quantitative estimate of drug-likeness (QED) is 0.487. The number of thiazole rings is 1. The Morgan fingerprint density at radius 1 is 1.22 bits per heavy atom. The van der Waals surface area contributed by atoms with Crippen LogP contribution in [0.5, 0.6) is 10.9 Å². The Balaban J connectivity index is 1.34. The smallest absolute Gasteiger partial charge is 0.281 e. The van der Waals surface area contributed by atoms with Crippen molar-refractivity contribution < 1.29 is 13.5 Å².